The van der Waals surface area contributed by atoms with Crippen LogP contribution in [0.3, 0.4) is 0 Å². The van der Waals surface area contributed by atoms with E-state index >= 15 is 0 Å². The van der Waals surface area contributed by atoms with Crippen LogP contribution in [0.1, 0.15) is 10.4 Å². The zero-order valence-corrected chi connectivity index (χ0v) is 13.0. The number of pyridine rings is 1. The lowest BCUT2D eigenvalue weighted by Crippen LogP contribution is -2.36. The molecule has 0 radical (unpaired) electrons. The van der Waals surface area contributed by atoms with Crippen LogP contribution >= 0.6 is 0 Å². The van der Waals surface area contributed by atoms with Crippen molar-refractivity contribution in [2.45, 2.75) is 0 Å². The normalized spacial score (nSPS) is 14.4. The number of hydrogen-bond acceptors (Lipinski definition) is 5. The number of morpholine rings is 1. The van der Waals surface area contributed by atoms with Gasteiger partial charge in [-0.2, -0.15) is 0 Å². The molecule has 0 saturated carbocycles. The minimum atomic E-state index is -0.190. The molecular formula is C17H19N3O3. The summed E-state index contributed by atoms with van der Waals surface area (Å²) in [5.74, 6) is 0.204. The molecule has 1 amide bonds. The lowest BCUT2D eigenvalue weighted by molar-refractivity contribution is 0.102. The van der Waals surface area contributed by atoms with Crippen molar-refractivity contribution in [2.75, 3.05) is 43.6 Å². The van der Waals surface area contributed by atoms with Crippen LogP contribution in [0.5, 0.6) is 5.88 Å². The number of anilines is 2. The summed E-state index contributed by atoms with van der Waals surface area (Å²) < 4.78 is 10.5. The number of aromatic nitrogens is 1. The first kappa shape index (κ1) is 15.3. The number of ether oxygens (including phenoxy) is 2. The van der Waals surface area contributed by atoms with Crippen molar-refractivity contribution < 1.29 is 14.3 Å². The van der Waals surface area contributed by atoms with Crippen molar-refractivity contribution in [3.8, 4) is 5.88 Å². The zero-order valence-electron chi connectivity index (χ0n) is 13.0. The van der Waals surface area contributed by atoms with E-state index in [-0.39, 0.29) is 5.91 Å². The molecule has 2 aromatic rings. The molecule has 23 heavy (non-hydrogen) atoms. The molecule has 6 nitrogen and oxygen atoms in total. The Morgan fingerprint density at radius 3 is 2.65 bits per heavy atom. The molecule has 1 aliphatic rings. The lowest BCUT2D eigenvalue weighted by Gasteiger charge is -2.28. The van der Waals surface area contributed by atoms with E-state index in [1.807, 2.05) is 24.3 Å². The Labute approximate surface area is 135 Å². The second-order valence-electron chi connectivity index (χ2n) is 5.16. The first-order chi connectivity index (χ1) is 11.3. The van der Waals surface area contributed by atoms with Crippen molar-refractivity contribution >= 4 is 17.3 Å². The third-order valence-corrected chi connectivity index (χ3v) is 3.72. The van der Waals surface area contributed by atoms with Crippen LogP contribution in [0.2, 0.25) is 0 Å². The van der Waals surface area contributed by atoms with Gasteiger partial charge in [-0.1, -0.05) is 0 Å². The highest BCUT2D eigenvalue weighted by Crippen LogP contribution is 2.22. The number of nitrogens with zero attached hydrogens (tertiary/aromatic N) is 2. The number of methoxy groups -OCH3 is 1. The first-order valence-corrected chi connectivity index (χ1v) is 7.51. The summed E-state index contributed by atoms with van der Waals surface area (Å²) in [5.41, 5.74) is 2.24. The van der Waals surface area contributed by atoms with Gasteiger partial charge in [0.1, 0.15) is 5.69 Å². The molecule has 0 aliphatic carbocycles. The molecular weight excluding hydrogens is 294 g/mol. The minimum Gasteiger partial charge on any atom is -0.480 e. The third kappa shape index (κ3) is 3.60. The predicted octanol–water partition coefficient (Wildman–Crippen LogP) is 2.18. The highest BCUT2D eigenvalue weighted by Gasteiger charge is 2.13. The van der Waals surface area contributed by atoms with Gasteiger partial charge in [0.2, 0.25) is 5.88 Å². The van der Waals surface area contributed by atoms with Gasteiger partial charge in [0.05, 0.1) is 20.3 Å². The molecule has 1 aliphatic heterocycles. The average molecular weight is 313 g/mol. The lowest BCUT2D eigenvalue weighted by atomic mass is 10.1. The van der Waals surface area contributed by atoms with Gasteiger partial charge in [-0.05, 0) is 36.4 Å². The summed E-state index contributed by atoms with van der Waals surface area (Å²) in [6.07, 6.45) is 1.62. The van der Waals surface area contributed by atoms with Gasteiger partial charge in [0, 0.05) is 30.5 Å². The summed E-state index contributed by atoms with van der Waals surface area (Å²) in [6.45, 7) is 3.23. The molecule has 0 unspecified atom stereocenters. The molecule has 0 bridgehead atoms. The molecule has 1 aromatic heterocycles. The Hall–Kier alpha value is -2.60. The topological polar surface area (TPSA) is 63.7 Å². The Bertz CT molecular complexity index is 667. The standard InChI is InChI=1S/C17H19N3O3/c1-22-17-15(3-2-8-18-17)19-16(21)13-4-6-14(7-5-13)20-9-11-23-12-10-20/h2-8H,9-12H2,1H3,(H,19,21). The second kappa shape index (κ2) is 7.11. The monoisotopic (exact) mass is 313 g/mol. The largest absolute Gasteiger partial charge is 0.480 e. The molecule has 1 saturated heterocycles. The van der Waals surface area contributed by atoms with E-state index in [1.165, 1.54) is 7.11 Å². The Balaban J connectivity index is 1.70. The van der Waals surface area contributed by atoms with E-state index in [2.05, 4.69) is 15.2 Å². The molecule has 1 aromatic carbocycles. The minimum absolute atomic E-state index is 0.190. The predicted molar refractivity (Wildman–Crippen MR) is 88.2 cm³/mol. The van der Waals surface area contributed by atoms with Gasteiger partial charge < -0.3 is 19.7 Å². The van der Waals surface area contributed by atoms with Crippen molar-refractivity contribution in [1.29, 1.82) is 0 Å². The summed E-state index contributed by atoms with van der Waals surface area (Å²) in [7, 11) is 1.52. The van der Waals surface area contributed by atoms with Crippen molar-refractivity contribution in [3.05, 3.63) is 48.2 Å². The van der Waals surface area contributed by atoms with Gasteiger partial charge in [-0.25, -0.2) is 4.98 Å². The summed E-state index contributed by atoms with van der Waals surface area (Å²) >= 11 is 0. The van der Waals surface area contributed by atoms with Crippen LogP contribution in [0.25, 0.3) is 0 Å². The number of carbonyl (C=O) groups is 1. The van der Waals surface area contributed by atoms with Crippen LogP contribution < -0.4 is 15.0 Å². The molecule has 2 heterocycles. The van der Waals surface area contributed by atoms with Crippen molar-refractivity contribution in [1.82, 2.24) is 4.98 Å². The maximum atomic E-state index is 12.3. The number of amides is 1. The van der Waals surface area contributed by atoms with E-state index < -0.39 is 0 Å². The molecule has 0 spiro atoms. The fraction of sp³-hybridized carbons (Fsp3) is 0.294. The molecule has 120 valence electrons. The van der Waals surface area contributed by atoms with Gasteiger partial charge in [-0.3, -0.25) is 4.79 Å². The van der Waals surface area contributed by atoms with E-state index in [1.54, 1.807) is 18.3 Å². The SMILES string of the molecule is COc1ncccc1NC(=O)c1ccc(N2CCOCC2)cc1. The highest BCUT2D eigenvalue weighted by atomic mass is 16.5. The molecule has 0 atom stereocenters. The van der Waals surface area contributed by atoms with Crippen LogP contribution in [-0.2, 0) is 4.74 Å². The smallest absolute Gasteiger partial charge is 0.255 e. The Morgan fingerprint density at radius 2 is 1.96 bits per heavy atom. The van der Waals surface area contributed by atoms with E-state index in [4.69, 9.17) is 9.47 Å². The van der Waals surface area contributed by atoms with E-state index in [0.29, 0.717) is 17.1 Å². The zero-order chi connectivity index (χ0) is 16.1. The van der Waals surface area contributed by atoms with Crippen LogP contribution in [0.4, 0.5) is 11.4 Å². The fourth-order valence-electron chi connectivity index (χ4n) is 2.49. The fourth-order valence-corrected chi connectivity index (χ4v) is 2.49. The van der Waals surface area contributed by atoms with Gasteiger partial charge in [0.15, 0.2) is 0 Å². The van der Waals surface area contributed by atoms with Gasteiger partial charge in [-0.15, -0.1) is 0 Å². The van der Waals surface area contributed by atoms with E-state index in [0.717, 1.165) is 32.0 Å². The number of rotatable bonds is 4. The van der Waals surface area contributed by atoms with Crippen LogP contribution in [-0.4, -0.2) is 44.3 Å². The first-order valence-electron chi connectivity index (χ1n) is 7.51. The maximum Gasteiger partial charge on any atom is 0.255 e. The van der Waals surface area contributed by atoms with Crippen molar-refractivity contribution in [2.24, 2.45) is 0 Å². The van der Waals surface area contributed by atoms with Crippen LogP contribution in [0.15, 0.2) is 42.6 Å². The molecule has 6 heteroatoms. The molecule has 1 N–H and O–H groups in total. The molecule has 1 fully saturated rings. The molecule has 3 rings (SSSR count). The van der Waals surface area contributed by atoms with Gasteiger partial charge >= 0.3 is 0 Å². The average Bonchev–Trinajstić information content (AvgIpc) is 2.63. The second-order valence-corrected chi connectivity index (χ2v) is 5.16. The highest BCUT2D eigenvalue weighted by molar-refractivity contribution is 6.05. The third-order valence-electron chi connectivity index (χ3n) is 3.72. The van der Waals surface area contributed by atoms with Crippen LogP contribution in [0, 0.1) is 0 Å². The number of benzene rings is 1. The quantitative estimate of drug-likeness (QED) is 0.937. The number of hydrogen-bond donors (Lipinski definition) is 1. The van der Waals surface area contributed by atoms with E-state index in [9.17, 15) is 4.79 Å². The van der Waals surface area contributed by atoms with Gasteiger partial charge in [0.25, 0.3) is 5.91 Å². The summed E-state index contributed by atoms with van der Waals surface area (Å²) in [6, 6.07) is 11.1. The Kier molecular flexibility index (Phi) is 4.73. The number of nitrogens with one attached hydrogen (secondary N) is 1. The van der Waals surface area contributed by atoms with Crippen molar-refractivity contribution in [3.63, 3.8) is 0 Å². The maximum absolute atomic E-state index is 12.3. The Morgan fingerprint density at radius 1 is 1.22 bits per heavy atom. The summed E-state index contributed by atoms with van der Waals surface area (Å²) in [4.78, 5) is 18.7. The number of carbonyl (C=O) groups excluding carboxylic acids is 1. The summed E-state index contributed by atoms with van der Waals surface area (Å²) in [5, 5.41) is 2.82.